The van der Waals surface area contributed by atoms with Crippen molar-refractivity contribution in [2.24, 2.45) is 0 Å². The Balaban J connectivity index is 1.46. The second-order valence-electron chi connectivity index (χ2n) is 8.06. The van der Waals surface area contributed by atoms with Gasteiger partial charge in [-0.1, -0.05) is 17.3 Å². The quantitative estimate of drug-likeness (QED) is 0.326. The Morgan fingerprint density at radius 2 is 1.92 bits per heavy atom. The molecule has 0 saturated carbocycles. The van der Waals surface area contributed by atoms with Gasteiger partial charge >= 0.3 is 5.97 Å². The summed E-state index contributed by atoms with van der Waals surface area (Å²) in [4.78, 5) is 39.2. The molecule has 4 aromatic heterocycles. The lowest BCUT2D eigenvalue weighted by atomic mass is 10.1. The number of rotatable bonds is 6. The Kier molecular flexibility index (Phi) is 6.06. The molecule has 0 bridgehead atoms. The lowest BCUT2D eigenvalue weighted by molar-refractivity contribution is 0.0525. The molecular weight excluding hydrogens is 480 g/mol. The van der Waals surface area contributed by atoms with Crippen LogP contribution in [0.2, 0.25) is 0 Å². The zero-order valence-corrected chi connectivity index (χ0v) is 20.8. The number of benzene rings is 1. The SMILES string of the molecule is CCOC(=O)c1nc(C)c(-c2ccc3ncc(C(=O)Nc4cc(-c5noc(C)n5)ccc4C)n3c2)s1. The molecule has 11 heteroatoms. The summed E-state index contributed by atoms with van der Waals surface area (Å²) in [5, 5.41) is 7.21. The molecule has 0 aliphatic heterocycles. The highest BCUT2D eigenvalue weighted by Crippen LogP contribution is 2.31. The van der Waals surface area contributed by atoms with Crippen LogP contribution in [0.1, 0.15) is 44.4 Å². The highest BCUT2D eigenvalue weighted by atomic mass is 32.1. The van der Waals surface area contributed by atoms with Gasteiger partial charge in [-0.05, 0) is 44.5 Å². The van der Waals surface area contributed by atoms with Gasteiger partial charge in [0.2, 0.25) is 16.7 Å². The molecule has 0 radical (unpaired) electrons. The molecule has 5 aromatic rings. The number of aryl methyl sites for hydroxylation is 3. The average molecular weight is 503 g/mol. The largest absolute Gasteiger partial charge is 0.461 e. The van der Waals surface area contributed by atoms with E-state index in [-0.39, 0.29) is 12.5 Å². The number of pyridine rings is 1. The van der Waals surface area contributed by atoms with Crippen LogP contribution in [0.4, 0.5) is 5.69 Å². The van der Waals surface area contributed by atoms with Crippen molar-refractivity contribution in [2.45, 2.75) is 27.7 Å². The van der Waals surface area contributed by atoms with Gasteiger partial charge in [-0.15, -0.1) is 11.3 Å². The molecule has 0 atom stereocenters. The van der Waals surface area contributed by atoms with E-state index >= 15 is 0 Å². The Labute approximate surface area is 210 Å². The first-order valence-electron chi connectivity index (χ1n) is 11.2. The van der Waals surface area contributed by atoms with Crippen LogP contribution >= 0.6 is 11.3 Å². The number of hydrogen-bond acceptors (Lipinski definition) is 9. The lowest BCUT2D eigenvalue weighted by Gasteiger charge is -2.10. The summed E-state index contributed by atoms with van der Waals surface area (Å²) in [5.41, 5.74) is 4.73. The number of nitrogens with zero attached hydrogens (tertiary/aromatic N) is 5. The van der Waals surface area contributed by atoms with E-state index in [0.29, 0.717) is 39.4 Å². The Hall–Kier alpha value is -4.38. The number of imidazole rings is 1. The minimum atomic E-state index is -0.450. The van der Waals surface area contributed by atoms with Crippen LogP contribution in [-0.2, 0) is 4.74 Å². The molecule has 0 spiro atoms. The monoisotopic (exact) mass is 502 g/mol. The molecule has 182 valence electrons. The van der Waals surface area contributed by atoms with E-state index in [1.807, 2.05) is 50.4 Å². The fourth-order valence-corrected chi connectivity index (χ4v) is 4.68. The summed E-state index contributed by atoms with van der Waals surface area (Å²) in [6, 6.07) is 9.28. The predicted octanol–water partition coefficient (Wildman–Crippen LogP) is 4.86. The summed E-state index contributed by atoms with van der Waals surface area (Å²) >= 11 is 1.25. The van der Waals surface area contributed by atoms with Gasteiger partial charge in [0, 0.05) is 29.9 Å². The first-order chi connectivity index (χ1) is 17.3. The van der Waals surface area contributed by atoms with Gasteiger partial charge in [-0.3, -0.25) is 9.20 Å². The molecule has 1 amide bonds. The number of ether oxygens (including phenoxy) is 1. The van der Waals surface area contributed by atoms with Crippen molar-refractivity contribution >= 4 is 34.5 Å². The molecular formula is C25H22N6O4S. The topological polar surface area (TPSA) is 125 Å². The van der Waals surface area contributed by atoms with Gasteiger partial charge in [0.05, 0.1) is 23.4 Å². The minimum absolute atomic E-state index is 0.281. The van der Waals surface area contributed by atoms with E-state index in [1.165, 1.54) is 17.5 Å². The molecule has 0 aliphatic rings. The smallest absolute Gasteiger partial charge is 0.367 e. The molecule has 1 aromatic carbocycles. The number of thiazole rings is 1. The number of esters is 1. The summed E-state index contributed by atoms with van der Waals surface area (Å²) in [7, 11) is 0. The summed E-state index contributed by atoms with van der Waals surface area (Å²) in [5.74, 6) is 0.138. The Morgan fingerprint density at radius 3 is 2.67 bits per heavy atom. The zero-order valence-electron chi connectivity index (χ0n) is 20.0. The van der Waals surface area contributed by atoms with Gasteiger partial charge in [0.25, 0.3) is 5.91 Å². The summed E-state index contributed by atoms with van der Waals surface area (Å²) in [6.07, 6.45) is 3.35. The summed E-state index contributed by atoms with van der Waals surface area (Å²) < 4.78 is 11.9. The summed E-state index contributed by atoms with van der Waals surface area (Å²) in [6.45, 7) is 7.49. The number of anilines is 1. The van der Waals surface area contributed by atoms with Crippen molar-refractivity contribution in [3.63, 3.8) is 0 Å². The van der Waals surface area contributed by atoms with Crippen LogP contribution in [-0.4, -0.2) is 43.0 Å². The molecule has 4 heterocycles. The first-order valence-corrected chi connectivity index (χ1v) is 12.0. The number of amides is 1. The number of carbonyl (C=O) groups is 2. The van der Waals surface area contributed by atoms with E-state index in [0.717, 1.165) is 21.6 Å². The molecule has 0 unspecified atom stereocenters. The molecule has 0 fully saturated rings. The van der Waals surface area contributed by atoms with Gasteiger partial charge in [-0.2, -0.15) is 4.98 Å². The van der Waals surface area contributed by atoms with Crippen molar-refractivity contribution < 1.29 is 18.8 Å². The molecule has 36 heavy (non-hydrogen) atoms. The number of fused-ring (bicyclic) bond motifs is 1. The van der Waals surface area contributed by atoms with Crippen LogP contribution in [0.15, 0.2) is 47.2 Å². The van der Waals surface area contributed by atoms with Crippen molar-refractivity contribution in [1.82, 2.24) is 24.5 Å². The van der Waals surface area contributed by atoms with Gasteiger partial charge < -0.3 is 14.6 Å². The molecule has 0 saturated heterocycles. The van der Waals surface area contributed by atoms with Crippen molar-refractivity contribution in [3.05, 3.63) is 70.6 Å². The third-order valence-electron chi connectivity index (χ3n) is 5.52. The number of carbonyl (C=O) groups excluding carboxylic acids is 2. The normalized spacial score (nSPS) is 11.1. The zero-order chi connectivity index (χ0) is 25.4. The second-order valence-corrected chi connectivity index (χ2v) is 9.06. The Morgan fingerprint density at radius 1 is 1.11 bits per heavy atom. The fraction of sp³-hybridized carbons (Fsp3) is 0.200. The maximum absolute atomic E-state index is 13.3. The van der Waals surface area contributed by atoms with E-state index in [9.17, 15) is 9.59 Å². The predicted molar refractivity (Wildman–Crippen MR) is 134 cm³/mol. The average Bonchev–Trinajstić information content (AvgIpc) is 3.58. The van der Waals surface area contributed by atoms with Gasteiger partial charge in [0.1, 0.15) is 11.3 Å². The minimum Gasteiger partial charge on any atom is -0.461 e. The fourth-order valence-electron chi connectivity index (χ4n) is 3.73. The van der Waals surface area contributed by atoms with Crippen molar-refractivity contribution in [2.75, 3.05) is 11.9 Å². The molecule has 0 aliphatic carbocycles. The highest BCUT2D eigenvalue weighted by molar-refractivity contribution is 7.17. The van der Waals surface area contributed by atoms with Crippen LogP contribution in [0.5, 0.6) is 0 Å². The van der Waals surface area contributed by atoms with E-state index < -0.39 is 5.97 Å². The first kappa shape index (κ1) is 23.4. The Bertz CT molecular complexity index is 1620. The van der Waals surface area contributed by atoms with E-state index in [4.69, 9.17) is 9.26 Å². The van der Waals surface area contributed by atoms with Crippen LogP contribution in [0.25, 0.3) is 27.5 Å². The highest BCUT2D eigenvalue weighted by Gasteiger charge is 2.19. The van der Waals surface area contributed by atoms with Gasteiger partial charge in [0.15, 0.2) is 0 Å². The van der Waals surface area contributed by atoms with Crippen LogP contribution in [0.3, 0.4) is 0 Å². The third-order valence-corrected chi connectivity index (χ3v) is 6.71. The van der Waals surface area contributed by atoms with Crippen molar-refractivity contribution in [3.8, 4) is 21.8 Å². The van der Waals surface area contributed by atoms with Crippen LogP contribution in [0, 0.1) is 20.8 Å². The van der Waals surface area contributed by atoms with E-state index in [2.05, 4.69) is 25.4 Å². The molecule has 5 rings (SSSR count). The van der Waals surface area contributed by atoms with Gasteiger partial charge in [-0.25, -0.2) is 14.8 Å². The standard InChI is InChI=1S/C25H22N6O4S/c1-5-34-25(33)24-27-14(3)21(36-24)17-8-9-20-26-11-19(31(20)12-17)23(32)29-18-10-16(7-6-13(18)2)22-28-15(4)35-30-22/h6-12H,5H2,1-4H3,(H,29,32). The van der Waals surface area contributed by atoms with Crippen molar-refractivity contribution in [1.29, 1.82) is 0 Å². The molecule has 1 N–H and O–H groups in total. The maximum Gasteiger partial charge on any atom is 0.367 e. The number of hydrogen-bond donors (Lipinski definition) is 1. The lowest BCUT2D eigenvalue weighted by Crippen LogP contribution is -2.15. The number of aromatic nitrogens is 5. The third kappa shape index (κ3) is 4.36. The number of nitrogens with one attached hydrogen (secondary N) is 1. The van der Waals surface area contributed by atoms with E-state index in [1.54, 1.807) is 18.2 Å². The molecule has 10 nitrogen and oxygen atoms in total. The maximum atomic E-state index is 13.3. The van der Waals surface area contributed by atoms with Crippen LogP contribution < -0.4 is 5.32 Å². The second kappa shape index (κ2) is 9.34.